The molecule has 6 rings (SSSR count). The van der Waals surface area contributed by atoms with Crippen molar-refractivity contribution >= 4 is 47.2 Å². The molecule has 85 heavy (non-hydrogen) atoms. The third kappa shape index (κ3) is 26.5. The van der Waals surface area contributed by atoms with Gasteiger partial charge in [-0.15, -0.1) is 0 Å². The van der Waals surface area contributed by atoms with Crippen molar-refractivity contribution in [3.8, 4) is 0 Å². The standard InChI is InChI=1S/C33H42FNO7.C21H22O4.C12H22FNO4.10H2/c1-32(2,3)42-31(38)35(6)27(21-33(4,5)34)29(36)41-28(30(37)40-22-24-10-8-7-9-11-24)20-23-12-14-25(15-13-23)26-16-18-39-19-17-26;22-20(21(23)25-15-17-4-2-1-3-5-17)14-16-6-8-18(9-7-16)19-10-12-24-13-11-19;1-11(2,3)18-10(17)14(6)8(9(15)16)7-12(4,5)13;;;;;;;;;;/h7-16,27-28H,17-22H2,1-6H3;1-10,20,22H,11-15H2;8H,7H2,1-6H3,(H,15,16);10*1H/t27-,28+;20-;8-;;;;;;;;;;/m010........../s1/i;;;9*1+1D;1+1. The lowest BCUT2D eigenvalue weighted by molar-refractivity contribution is -0.172. The molecule has 4 atom stereocenters. The lowest BCUT2D eigenvalue weighted by Gasteiger charge is -2.32. The second-order valence-corrected chi connectivity index (χ2v) is 23.9. The summed E-state index contributed by atoms with van der Waals surface area (Å²) >= 11 is 0. The zero-order valence-electron chi connectivity index (χ0n) is 69.2. The van der Waals surface area contributed by atoms with E-state index < -0.39 is 82.9 Å². The Morgan fingerprint density at radius 3 is 1.32 bits per heavy atom. The fraction of sp³-hybridized carbons (Fsp3) is 0.485. The van der Waals surface area contributed by atoms with Crippen molar-refractivity contribution in [1.82, 2.24) is 9.80 Å². The zero-order chi connectivity index (χ0) is 81.1. The number of aliphatic carboxylic acids is 1. The van der Waals surface area contributed by atoms with E-state index in [1.54, 1.807) is 41.5 Å². The molecule has 2 N–H and O–H groups in total. The minimum atomic E-state index is -1.82. The van der Waals surface area contributed by atoms with Gasteiger partial charge in [0.1, 0.15) is 47.8 Å². The van der Waals surface area contributed by atoms with Crippen LogP contribution in [0.1, 0.15) is 156 Å². The van der Waals surface area contributed by atoms with Gasteiger partial charge in [-0.25, -0.2) is 37.5 Å². The number of hydrogen-bond acceptors (Lipinski definition) is 14. The molecule has 484 valence electrons. The number of rotatable bonds is 21. The maximum absolute atomic E-state index is 14.8. The van der Waals surface area contributed by atoms with Gasteiger partial charge in [0.25, 0.3) is 0 Å². The number of halogens is 2. The van der Waals surface area contributed by atoms with Crippen molar-refractivity contribution in [1.29, 1.82) is 0 Å². The third-order valence-corrected chi connectivity index (χ3v) is 12.9. The van der Waals surface area contributed by atoms with Crippen molar-refractivity contribution in [3.63, 3.8) is 0 Å². The van der Waals surface area contributed by atoms with Gasteiger partial charge in [0.2, 0.25) is 6.10 Å². The second-order valence-electron chi connectivity index (χ2n) is 23.9. The van der Waals surface area contributed by atoms with Crippen LogP contribution in [0, 0.1) is 0 Å². The molecule has 4 aromatic rings. The van der Waals surface area contributed by atoms with Crippen molar-refractivity contribution in [3.05, 3.63) is 155 Å². The van der Waals surface area contributed by atoms with Gasteiger partial charge in [-0.1, -0.05) is 121 Å². The van der Waals surface area contributed by atoms with Crippen LogP contribution in [0.25, 0.3) is 11.1 Å². The quantitative estimate of drug-likeness (QED) is 0.0586. The highest BCUT2D eigenvalue weighted by molar-refractivity contribution is 5.85. The first-order valence-electron chi connectivity index (χ1n) is 37.3. The molecule has 0 bridgehead atoms. The van der Waals surface area contributed by atoms with Crippen LogP contribution < -0.4 is 0 Å². The van der Waals surface area contributed by atoms with Crippen molar-refractivity contribution in [2.24, 2.45) is 0 Å². The average molecular weight is 1220 g/mol. The molecule has 0 aliphatic carbocycles. The molecule has 0 unspecified atom stereocenters. The number of carboxylic acids is 1. The van der Waals surface area contributed by atoms with Gasteiger partial charge < -0.3 is 43.4 Å². The van der Waals surface area contributed by atoms with E-state index in [0.29, 0.717) is 19.8 Å². The first kappa shape index (κ1) is 56.6. The molecule has 2 amide bonds. The number of carbonyl (C=O) groups excluding carboxylic acids is 5. The minimum Gasteiger partial charge on any atom is -0.480 e. The smallest absolute Gasteiger partial charge is 0.410 e. The number of likely N-dealkylation sites (N-methyl/N-ethyl adjacent to an activating group) is 2. The van der Waals surface area contributed by atoms with E-state index in [1.807, 2.05) is 115 Å². The Hall–Kier alpha value is -7.48. The molecule has 4 aromatic carbocycles. The molecular formula is C66H106F2N2O15. The summed E-state index contributed by atoms with van der Waals surface area (Å²) in [6.45, 7) is 18.0. The van der Waals surface area contributed by atoms with Gasteiger partial charge in [0, 0.05) is 67.9 Å². The fourth-order valence-electron chi connectivity index (χ4n) is 8.46. The Labute approximate surface area is 528 Å². The number of carboxylic acid groups (broad SMARTS) is 1. The van der Waals surface area contributed by atoms with E-state index in [4.69, 9.17) is 65.0 Å². The number of aliphatic hydroxyl groups excluding tert-OH is 1. The molecule has 0 spiro atoms. The molecule has 2 aliphatic rings. The van der Waals surface area contributed by atoms with Gasteiger partial charge in [-0.2, -0.15) is 0 Å². The summed E-state index contributed by atoms with van der Waals surface area (Å²) in [6.07, 6.45) is 1.40. The topological polar surface area (TPSA) is 214 Å². The average Bonchev–Trinajstić information content (AvgIpc) is 0.845. The van der Waals surface area contributed by atoms with E-state index in [0.717, 1.165) is 62.6 Å². The third-order valence-electron chi connectivity index (χ3n) is 12.9. The predicted octanol–water partition coefficient (Wildman–Crippen LogP) is 14.1. The monoisotopic (exact) mass is 1220 g/mol. The molecule has 0 saturated heterocycles. The Morgan fingerprint density at radius 1 is 0.553 bits per heavy atom. The number of ether oxygens (including phenoxy) is 7. The summed E-state index contributed by atoms with van der Waals surface area (Å²) in [5, 5.41) is 19.1. The number of benzene rings is 4. The first-order chi connectivity index (χ1) is 48.8. The number of carbonyl (C=O) groups is 6. The van der Waals surface area contributed by atoms with Crippen molar-refractivity contribution in [2.45, 2.75) is 168 Å². The Kier molecular flexibility index (Phi) is 21.8. The van der Waals surface area contributed by atoms with E-state index in [2.05, 4.69) is 6.08 Å². The predicted molar refractivity (Wildman–Crippen MR) is 339 cm³/mol. The number of nitrogens with zero attached hydrogens (tertiary/aromatic N) is 2. The van der Waals surface area contributed by atoms with Crippen LogP contribution in [0.2, 0.25) is 0 Å². The summed E-state index contributed by atoms with van der Waals surface area (Å²) in [7, 11) is 2.64. The molecule has 0 aromatic heterocycles. The lowest BCUT2D eigenvalue weighted by atomic mass is 9.98. The van der Waals surface area contributed by atoms with Crippen LogP contribution in [-0.2, 0) is 78.4 Å². The summed E-state index contributed by atoms with van der Waals surface area (Å²) in [5.74, 6) is -3.53. The van der Waals surface area contributed by atoms with Gasteiger partial charge in [-0.3, -0.25) is 9.80 Å². The Bertz CT molecular complexity index is 2910. The van der Waals surface area contributed by atoms with Gasteiger partial charge in [-0.05, 0) is 127 Å². The fourth-order valence-corrected chi connectivity index (χ4v) is 8.46. The largest absolute Gasteiger partial charge is 0.480 e. The highest BCUT2D eigenvalue weighted by atomic mass is 19.1. The van der Waals surface area contributed by atoms with E-state index in [-0.39, 0.29) is 40.3 Å². The van der Waals surface area contributed by atoms with Crippen molar-refractivity contribution < 1.29 is 109 Å². The number of alkyl halides is 2. The van der Waals surface area contributed by atoms with Gasteiger partial charge in [0.15, 0.2) is 6.10 Å². The van der Waals surface area contributed by atoms with Crippen LogP contribution in [0.3, 0.4) is 0 Å². The molecular weight excluding hydrogens is 1100 g/mol. The van der Waals surface area contributed by atoms with Crippen LogP contribution >= 0.6 is 0 Å². The normalized spacial score (nSPS) is 15.8. The summed E-state index contributed by atoms with van der Waals surface area (Å²) in [6, 6.07) is 31.5. The summed E-state index contributed by atoms with van der Waals surface area (Å²) in [4.78, 5) is 76.2. The molecule has 0 radical (unpaired) electrons. The van der Waals surface area contributed by atoms with Gasteiger partial charge in [0.05, 0.1) is 26.4 Å². The van der Waals surface area contributed by atoms with Crippen LogP contribution in [0.5, 0.6) is 0 Å². The Balaban J connectivity index is -0.000000259. The van der Waals surface area contributed by atoms with Crippen molar-refractivity contribution in [2.75, 3.05) is 40.5 Å². The van der Waals surface area contributed by atoms with Gasteiger partial charge >= 0.3 is 36.1 Å². The summed E-state index contributed by atoms with van der Waals surface area (Å²) in [5.41, 5.74) is 2.92. The number of hydrogen-bond donors (Lipinski definition) is 2. The lowest BCUT2D eigenvalue weighted by Crippen LogP contribution is -2.49. The van der Waals surface area contributed by atoms with E-state index in [9.17, 15) is 42.7 Å². The van der Waals surface area contributed by atoms with Crippen LogP contribution in [0.15, 0.2) is 121 Å². The molecule has 2 aliphatic heterocycles. The maximum atomic E-state index is 14.8. The summed E-state index contributed by atoms with van der Waals surface area (Å²) < 4.78 is 156. The highest BCUT2D eigenvalue weighted by Crippen LogP contribution is 2.27. The molecule has 2 heterocycles. The molecule has 17 nitrogen and oxygen atoms in total. The first-order valence-corrected chi connectivity index (χ1v) is 28.3. The second kappa shape index (κ2) is 32.7. The molecule has 0 fully saturated rings. The molecule has 0 saturated carbocycles. The number of amides is 2. The highest BCUT2D eigenvalue weighted by Gasteiger charge is 2.39. The number of aliphatic hydroxyl groups is 1. The minimum absolute atomic E-state index is 0. The molecule has 19 heteroatoms. The Morgan fingerprint density at radius 2 is 0.941 bits per heavy atom. The maximum Gasteiger partial charge on any atom is 0.410 e. The zero-order valence-corrected chi connectivity index (χ0v) is 51.2. The van der Waals surface area contributed by atoms with E-state index >= 15 is 0 Å². The number of esters is 3. The SMILES string of the molecule is CN(C(=O)OC(C)(C)C)[C@@H](CC(C)(C)F)C(=O)O.CN(C(=O)OC(C)(C)C)[C@@H](CC(C)(C)F)C(=O)O[C@H](Cc1ccc(C2=CCOCC2)cc1)C(=O)OCc1ccccc1.O=C(OCc1ccccc1)[C@H](O)Cc1ccc(C2=CCOCC2)cc1.[2HH].[2H][2H].[2H][2H].[2H][2H].[2H][2H].[2H][2H].[2H][2H].[2H][2H].[2H][2H].[2H][2H]. The van der Waals surface area contributed by atoms with Crippen LogP contribution in [0.4, 0.5) is 18.4 Å². The van der Waals surface area contributed by atoms with E-state index in [1.165, 1.54) is 52.9 Å². The van der Waals surface area contributed by atoms with Crippen LogP contribution in [-0.4, -0.2) is 143 Å².